The number of alkyl halides is 3. The molecule has 1 aliphatic rings. The van der Waals surface area contributed by atoms with Crippen LogP contribution in [-0.2, 0) is 6.18 Å². The van der Waals surface area contributed by atoms with Gasteiger partial charge in [0.05, 0.1) is 5.56 Å². The van der Waals surface area contributed by atoms with E-state index in [9.17, 15) is 13.2 Å². The highest BCUT2D eigenvalue weighted by molar-refractivity contribution is 6.29. The van der Waals surface area contributed by atoms with Crippen molar-refractivity contribution in [1.82, 2.24) is 4.98 Å². The highest BCUT2D eigenvalue weighted by Gasteiger charge is 2.37. The van der Waals surface area contributed by atoms with Crippen molar-refractivity contribution in [2.45, 2.75) is 25.9 Å². The van der Waals surface area contributed by atoms with E-state index in [1.165, 1.54) is 0 Å². The Balaban J connectivity index is 2.14. The minimum absolute atomic E-state index is 0.150. The highest BCUT2D eigenvalue weighted by atomic mass is 35.5. The Morgan fingerprint density at radius 2 is 2.06 bits per heavy atom. The van der Waals surface area contributed by atoms with Crippen LogP contribution in [0.5, 0.6) is 0 Å². The number of nitrogens with zero attached hydrogens (tertiary/aromatic N) is 1. The van der Waals surface area contributed by atoms with Gasteiger partial charge in [-0.25, -0.2) is 4.98 Å². The smallest absolute Gasteiger partial charge is 0.369 e. The van der Waals surface area contributed by atoms with Crippen LogP contribution in [0.25, 0.3) is 0 Å². The second-order valence-corrected chi connectivity index (χ2v) is 5.11. The zero-order valence-electron chi connectivity index (χ0n) is 9.24. The molecule has 1 aromatic rings. The molecule has 0 bridgehead atoms. The lowest BCUT2D eigenvalue weighted by Crippen LogP contribution is -2.14. The van der Waals surface area contributed by atoms with Crippen molar-refractivity contribution in [3.63, 3.8) is 0 Å². The molecule has 0 amide bonds. The zero-order chi connectivity index (χ0) is 12.7. The molecule has 1 saturated carbocycles. The fraction of sp³-hybridized carbons (Fsp3) is 0.545. The van der Waals surface area contributed by atoms with Gasteiger partial charge in [0.25, 0.3) is 0 Å². The van der Waals surface area contributed by atoms with Crippen LogP contribution < -0.4 is 5.32 Å². The second-order valence-electron chi connectivity index (χ2n) is 4.73. The molecule has 2 nitrogen and oxygen atoms in total. The van der Waals surface area contributed by atoms with Gasteiger partial charge in [-0.05, 0) is 30.4 Å². The van der Waals surface area contributed by atoms with Gasteiger partial charge in [-0.2, -0.15) is 13.2 Å². The maximum atomic E-state index is 12.5. The molecule has 1 aromatic heterocycles. The van der Waals surface area contributed by atoms with Gasteiger partial charge in [0.1, 0.15) is 11.0 Å². The molecule has 0 unspecified atom stereocenters. The normalized spacial score (nSPS) is 17.9. The van der Waals surface area contributed by atoms with E-state index < -0.39 is 11.7 Å². The van der Waals surface area contributed by atoms with E-state index in [-0.39, 0.29) is 16.4 Å². The summed E-state index contributed by atoms with van der Waals surface area (Å²) >= 11 is 5.57. The molecule has 94 valence electrons. The van der Waals surface area contributed by atoms with Gasteiger partial charge in [0.15, 0.2) is 0 Å². The Hall–Kier alpha value is -0.970. The lowest BCUT2D eigenvalue weighted by molar-refractivity contribution is -0.137. The minimum Gasteiger partial charge on any atom is -0.369 e. The average molecular weight is 265 g/mol. The number of anilines is 1. The van der Waals surface area contributed by atoms with Crippen LogP contribution in [0.1, 0.15) is 25.3 Å². The molecular weight excluding hydrogens is 253 g/mol. The van der Waals surface area contributed by atoms with Gasteiger partial charge >= 0.3 is 6.18 Å². The van der Waals surface area contributed by atoms with Crippen molar-refractivity contribution in [3.8, 4) is 0 Å². The van der Waals surface area contributed by atoms with E-state index in [1.807, 2.05) is 0 Å². The van der Waals surface area contributed by atoms with Crippen LogP contribution in [-0.4, -0.2) is 11.5 Å². The van der Waals surface area contributed by atoms with E-state index in [4.69, 9.17) is 11.6 Å². The zero-order valence-corrected chi connectivity index (χ0v) is 9.99. The van der Waals surface area contributed by atoms with Gasteiger partial charge < -0.3 is 5.32 Å². The summed E-state index contributed by atoms with van der Waals surface area (Å²) in [5.41, 5.74) is -0.580. The molecule has 0 aromatic carbocycles. The number of aromatic nitrogens is 1. The van der Waals surface area contributed by atoms with Gasteiger partial charge in [0, 0.05) is 6.54 Å². The third kappa shape index (κ3) is 3.25. The Morgan fingerprint density at radius 3 is 2.59 bits per heavy atom. The quantitative estimate of drug-likeness (QED) is 0.836. The van der Waals surface area contributed by atoms with Crippen LogP contribution in [0.2, 0.25) is 5.15 Å². The topological polar surface area (TPSA) is 24.9 Å². The summed E-state index contributed by atoms with van der Waals surface area (Å²) in [4.78, 5) is 3.83. The highest BCUT2D eigenvalue weighted by Crippen LogP contribution is 2.44. The van der Waals surface area contributed by atoms with Crippen LogP contribution in [0.4, 0.5) is 19.0 Å². The molecule has 17 heavy (non-hydrogen) atoms. The van der Waals surface area contributed by atoms with E-state index in [1.54, 1.807) is 0 Å². The first-order chi connectivity index (χ1) is 7.78. The van der Waals surface area contributed by atoms with Crippen molar-refractivity contribution in [2.75, 3.05) is 11.9 Å². The van der Waals surface area contributed by atoms with Crippen LogP contribution in [0.3, 0.4) is 0 Å². The van der Waals surface area contributed by atoms with Crippen LogP contribution in [0, 0.1) is 5.41 Å². The number of hydrogen-bond acceptors (Lipinski definition) is 2. The predicted octanol–water partition coefficient (Wildman–Crippen LogP) is 3.97. The molecule has 0 aliphatic heterocycles. The summed E-state index contributed by atoms with van der Waals surface area (Å²) in [7, 11) is 0. The molecule has 0 atom stereocenters. The summed E-state index contributed by atoms with van der Waals surface area (Å²) < 4.78 is 37.6. The maximum absolute atomic E-state index is 12.5. The van der Waals surface area contributed by atoms with E-state index in [0.29, 0.717) is 6.54 Å². The molecule has 1 aliphatic carbocycles. The Kier molecular flexibility index (Phi) is 2.97. The van der Waals surface area contributed by atoms with Crippen LogP contribution >= 0.6 is 11.6 Å². The molecule has 0 radical (unpaired) electrons. The number of pyridine rings is 1. The van der Waals surface area contributed by atoms with E-state index in [0.717, 1.165) is 25.0 Å². The lowest BCUT2D eigenvalue weighted by Gasteiger charge is -2.13. The van der Waals surface area contributed by atoms with E-state index >= 15 is 0 Å². The Morgan fingerprint density at radius 1 is 1.41 bits per heavy atom. The molecule has 0 spiro atoms. The molecule has 1 fully saturated rings. The average Bonchev–Trinajstić information content (AvgIpc) is 2.92. The Labute approximate surface area is 102 Å². The van der Waals surface area contributed by atoms with Crippen LogP contribution in [0.15, 0.2) is 12.1 Å². The molecule has 0 saturated heterocycles. The first-order valence-corrected chi connectivity index (χ1v) is 5.65. The molecule has 1 heterocycles. The van der Waals surface area contributed by atoms with E-state index in [2.05, 4.69) is 17.2 Å². The minimum atomic E-state index is -4.40. The van der Waals surface area contributed by atoms with Gasteiger partial charge in [-0.1, -0.05) is 18.5 Å². The monoisotopic (exact) mass is 264 g/mol. The SMILES string of the molecule is CC1(CNc2cc(C(F)(F)F)cc(Cl)n2)CC1. The van der Waals surface area contributed by atoms with Crippen molar-refractivity contribution < 1.29 is 13.2 Å². The molecule has 2 rings (SSSR count). The molecule has 1 N–H and O–H groups in total. The fourth-order valence-corrected chi connectivity index (χ4v) is 1.65. The molecular formula is C11H12ClF3N2. The largest absolute Gasteiger partial charge is 0.416 e. The maximum Gasteiger partial charge on any atom is 0.416 e. The first kappa shape index (κ1) is 12.5. The lowest BCUT2D eigenvalue weighted by atomic mass is 10.1. The Bertz CT molecular complexity index is 427. The number of hydrogen-bond donors (Lipinski definition) is 1. The first-order valence-electron chi connectivity index (χ1n) is 5.27. The fourth-order valence-electron chi connectivity index (χ4n) is 1.45. The van der Waals surface area contributed by atoms with Crippen molar-refractivity contribution >= 4 is 17.4 Å². The van der Waals surface area contributed by atoms with Crippen molar-refractivity contribution in [3.05, 3.63) is 22.8 Å². The van der Waals surface area contributed by atoms with Gasteiger partial charge in [0.2, 0.25) is 0 Å². The summed E-state index contributed by atoms with van der Waals surface area (Å²) in [6.07, 6.45) is -2.22. The second kappa shape index (κ2) is 4.05. The summed E-state index contributed by atoms with van der Waals surface area (Å²) in [5, 5.41) is 2.76. The summed E-state index contributed by atoms with van der Waals surface area (Å²) in [6, 6.07) is 1.81. The third-order valence-electron chi connectivity index (χ3n) is 2.92. The molecule has 6 heteroatoms. The third-order valence-corrected chi connectivity index (χ3v) is 3.11. The van der Waals surface area contributed by atoms with Crippen molar-refractivity contribution in [1.29, 1.82) is 0 Å². The standard InChI is InChI=1S/C11H12ClF3N2/c1-10(2-3-10)6-16-9-5-7(11(13,14)15)4-8(12)17-9/h4-5H,2-3,6H2,1H3,(H,16,17). The predicted molar refractivity (Wildman–Crippen MR) is 60.1 cm³/mol. The van der Waals surface area contributed by atoms with Gasteiger partial charge in [-0.15, -0.1) is 0 Å². The summed E-state index contributed by atoms with van der Waals surface area (Å²) in [6.45, 7) is 2.70. The van der Waals surface area contributed by atoms with Crippen molar-refractivity contribution in [2.24, 2.45) is 5.41 Å². The van der Waals surface area contributed by atoms with Gasteiger partial charge in [-0.3, -0.25) is 0 Å². The number of nitrogens with one attached hydrogen (secondary N) is 1. The number of halogens is 4. The number of rotatable bonds is 3. The summed E-state index contributed by atoms with van der Waals surface area (Å²) in [5.74, 6) is 0.179.